The maximum absolute atomic E-state index is 6.29. The van der Waals surface area contributed by atoms with Gasteiger partial charge in [0.25, 0.3) is 0 Å². The first-order valence-corrected chi connectivity index (χ1v) is 7.00. The Labute approximate surface area is 114 Å². The summed E-state index contributed by atoms with van der Waals surface area (Å²) in [5, 5.41) is 4.88. The fourth-order valence-corrected chi connectivity index (χ4v) is 2.99. The van der Waals surface area contributed by atoms with Crippen molar-refractivity contribution in [2.75, 3.05) is 13.1 Å². The number of hydrogen-bond donors (Lipinski definition) is 1. The number of benzene rings is 1. The van der Waals surface area contributed by atoms with Crippen LogP contribution in [0.1, 0.15) is 32.3 Å². The lowest BCUT2D eigenvalue weighted by atomic mass is 9.95. The van der Waals surface area contributed by atoms with Crippen LogP contribution in [0.2, 0.25) is 10.0 Å². The second-order valence-electron chi connectivity index (χ2n) is 5.12. The Hall–Kier alpha value is -0.240. The highest BCUT2D eigenvalue weighted by atomic mass is 35.5. The molecule has 0 saturated heterocycles. The lowest BCUT2D eigenvalue weighted by molar-refractivity contribution is 0.575. The van der Waals surface area contributed by atoms with Gasteiger partial charge in [0.2, 0.25) is 0 Å². The molecule has 1 saturated carbocycles. The largest absolute Gasteiger partial charge is 0.316 e. The molecule has 17 heavy (non-hydrogen) atoms. The highest BCUT2D eigenvalue weighted by Crippen LogP contribution is 2.56. The maximum Gasteiger partial charge on any atom is 0.0629 e. The average molecular weight is 272 g/mol. The van der Waals surface area contributed by atoms with Crippen molar-refractivity contribution in [1.29, 1.82) is 0 Å². The second-order valence-corrected chi connectivity index (χ2v) is 5.91. The Bertz CT molecular complexity index is 405. The van der Waals surface area contributed by atoms with Crippen LogP contribution >= 0.6 is 23.2 Å². The fourth-order valence-electron chi connectivity index (χ4n) is 2.48. The smallest absolute Gasteiger partial charge is 0.0629 e. The van der Waals surface area contributed by atoms with Gasteiger partial charge in [-0.15, -0.1) is 0 Å². The standard InChI is InChI=1S/C14H19Cl2N/c1-3-7-17-9-10-8-14(10,2)11-5-4-6-12(15)13(11)16/h4-6,10,17H,3,7-9H2,1-2H3. The van der Waals surface area contributed by atoms with Crippen molar-refractivity contribution in [2.24, 2.45) is 5.92 Å². The first-order chi connectivity index (χ1) is 8.09. The van der Waals surface area contributed by atoms with Gasteiger partial charge >= 0.3 is 0 Å². The molecule has 2 atom stereocenters. The zero-order valence-corrected chi connectivity index (χ0v) is 11.9. The van der Waals surface area contributed by atoms with Gasteiger partial charge in [0.05, 0.1) is 10.0 Å². The van der Waals surface area contributed by atoms with Crippen LogP contribution < -0.4 is 5.32 Å². The Morgan fingerprint density at radius 2 is 2.18 bits per heavy atom. The fraction of sp³-hybridized carbons (Fsp3) is 0.571. The molecule has 94 valence electrons. The van der Waals surface area contributed by atoms with E-state index in [0.29, 0.717) is 10.9 Å². The molecule has 1 aromatic carbocycles. The summed E-state index contributed by atoms with van der Waals surface area (Å²) in [6.45, 7) is 6.64. The van der Waals surface area contributed by atoms with Gasteiger partial charge in [-0.05, 0) is 48.9 Å². The second kappa shape index (κ2) is 5.17. The van der Waals surface area contributed by atoms with Gasteiger partial charge < -0.3 is 5.32 Å². The minimum atomic E-state index is 0.211. The molecule has 0 spiro atoms. The van der Waals surface area contributed by atoms with E-state index in [1.807, 2.05) is 12.1 Å². The molecule has 3 heteroatoms. The van der Waals surface area contributed by atoms with Crippen LogP contribution in [0.5, 0.6) is 0 Å². The van der Waals surface area contributed by atoms with Gasteiger partial charge in [0, 0.05) is 0 Å². The molecule has 0 amide bonds. The summed E-state index contributed by atoms with van der Waals surface area (Å²) < 4.78 is 0. The predicted molar refractivity (Wildman–Crippen MR) is 75.1 cm³/mol. The SMILES string of the molecule is CCCNCC1CC1(C)c1cccc(Cl)c1Cl. The van der Waals surface area contributed by atoms with E-state index in [2.05, 4.69) is 25.2 Å². The van der Waals surface area contributed by atoms with Crippen molar-refractivity contribution in [1.82, 2.24) is 5.32 Å². The third kappa shape index (κ3) is 2.62. The van der Waals surface area contributed by atoms with Crippen LogP contribution in [0.25, 0.3) is 0 Å². The summed E-state index contributed by atoms with van der Waals surface area (Å²) in [6, 6.07) is 5.95. The van der Waals surface area contributed by atoms with Crippen LogP contribution in [0.3, 0.4) is 0 Å². The Kier molecular flexibility index (Phi) is 4.02. The molecule has 0 aromatic heterocycles. The van der Waals surface area contributed by atoms with E-state index >= 15 is 0 Å². The average Bonchev–Trinajstić information content (AvgIpc) is 2.95. The van der Waals surface area contributed by atoms with Crippen molar-refractivity contribution in [3.8, 4) is 0 Å². The Balaban J connectivity index is 2.06. The predicted octanol–water partition coefficient (Wildman–Crippen LogP) is 4.27. The van der Waals surface area contributed by atoms with Crippen LogP contribution in [0.4, 0.5) is 0 Å². The lowest BCUT2D eigenvalue weighted by Crippen LogP contribution is -2.21. The molecule has 1 nitrogen and oxygen atoms in total. The zero-order chi connectivity index (χ0) is 12.5. The van der Waals surface area contributed by atoms with E-state index < -0.39 is 0 Å². The normalized spacial score (nSPS) is 27.2. The van der Waals surface area contributed by atoms with Gasteiger partial charge in [0.1, 0.15) is 0 Å². The number of hydrogen-bond acceptors (Lipinski definition) is 1. The van der Waals surface area contributed by atoms with E-state index in [9.17, 15) is 0 Å². The Morgan fingerprint density at radius 3 is 2.88 bits per heavy atom. The third-order valence-electron chi connectivity index (χ3n) is 3.80. The number of rotatable bonds is 5. The summed E-state index contributed by atoms with van der Waals surface area (Å²) in [5.74, 6) is 0.685. The minimum absolute atomic E-state index is 0.211. The molecule has 2 unspecified atom stereocenters. The molecule has 0 aliphatic heterocycles. The topological polar surface area (TPSA) is 12.0 Å². The van der Waals surface area contributed by atoms with Gasteiger partial charge in [0.15, 0.2) is 0 Å². The van der Waals surface area contributed by atoms with E-state index in [1.54, 1.807) is 0 Å². The number of nitrogens with one attached hydrogen (secondary N) is 1. The summed E-state index contributed by atoms with van der Waals surface area (Å²) in [7, 11) is 0. The van der Waals surface area contributed by atoms with Crippen LogP contribution in [0, 0.1) is 5.92 Å². The van der Waals surface area contributed by atoms with Crippen molar-refractivity contribution in [2.45, 2.75) is 32.1 Å². The first-order valence-electron chi connectivity index (χ1n) is 6.24. The molecule has 0 bridgehead atoms. The van der Waals surface area contributed by atoms with Gasteiger partial charge in [-0.1, -0.05) is 49.2 Å². The summed E-state index contributed by atoms with van der Waals surface area (Å²) in [6.07, 6.45) is 2.38. The summed E-state index contributed by atoms with van der Waals surface area (Å²) in [5.41, 5.74) is 1.41. The minimum Gasteiger partial charge on any atom is -0.316 e. The van der Waals surface area contributed by atoms with Gasteiger partial charge in [-0.25, -0.2) is 0 Å². The molecule has 1 N–H and O–H groups in total. The first kappa shape index (κ1) is 13.2. The molecule has 1 aliphatic rings. The molecule has 0 heterocycles. The third-order valence-corrected chi connectivity index (χ3v) is 4.61. The summed E-state index contributed by atoms with van der Waals surface area (Å²) in [4.78, 5) is 0. The van der Waals surface area contributed by atoms with Gasteiger partial charge in [-0.3, -0.25) is 0 Å². The molecular formula is C14H19Cl2N. The van der Waals surface area contributed by atoms with Crippen molar-refractivity contribution >= 4 is 23.2 Å². The maximum atomic E-state index is 6.29. The molecule has 1 fully saturated rings. The van der Waals surface area contributed by atoms with E-state index in [0.717, 1.165) is 18.1 Å². The van der Waals surface area contributed by atoms with Crippen molar-refractivity contribution < 1.29 is 0 Å². The zero-order valence-electron chi connectivity index (χ0n) is 10.4. The van der Waals surface area contributed by atoms with Gasteiger partial charge in [-0.2, -0.15) is 0 Å². The molecular weight excluding hydrogens is 253 g/mol. The van der Waals surface area contributed by atoms with Crippen molar-refractivity contribution in [3.63, 3.8) is 0 Å². The van der Waals surface area contributed by atoms with E-state index in [-0.39, 0.29) is 5.41 Å². The molecule has 1 aromatic rings. The van der Waals surface area contributed by atoms with E-state index in [1.165, 1.54) is 18.4 Å². The highest BCUT2D eigenvalue weighted by molar-refractivity contribution is 6.42. The van der Waals surface area contributed by atoms with E-state index in [4.69, 9.17) is 23.2 Å². The monoisotopic (exact) mass is 271 g/mol. The molecule has 2 rings (SSSR count). The van der Waals surface area contributed by atoms with Crippen molar-refractivity contribution in [3.05, 3.63) is 33.8 Å². The van der Waals surface area contributed by atoms with Crippen LogP contribution in [0.15, 0.2) is 18.2 Å². The van der Waals surface area contributed by atoms with Crippen LogP contribution in [-0.4, -0.2) is 13.1 Å². The highest BCUT2D eigenvalue weighted by Gasteiger charge is 2.51. The van der Waals surface area contributed by atoms with Crippen LogP contribution in [-0.2, 0) is 5.41 Å². The molecule has 0 radical (unpaired) electrons. The number of halogens is 2. The summed E-state index contributed by atoms with van der Waals surface area (Å²) >= 11 is 12.4. The Morgan fingerprint density at radius 1 is 1.41 bits per heavy atom. The lowest BCUT2D eigenvalue weighted by Gasteiger charge is -2.15. The molecule has 1 aliphatic carbocycles. The quantitative estimate of drug-likeness (QED) is 0.789.